The molecule has 1 atom stereocenters. The van der Waals surface area contributed by atoms with Gasteiger partial charge in [-0.3, -0.25) is 9.97 Å². The van der Waals surface area contributed by atoms with Crippen LogP contribution in [0.5, 0.6) is 0 Å². The summed E-state index contributed by atoms with van der Waals surface area (Å²) in [6.45, 7) is 3.62. The summed E-state index contributed by atoms with van der Waals surface area (Å²) in [5.74, 6) is 0.412. The normalized spacial score (nSPS) is 12.3. The molecule has 5 nitrogen and oxygen atoms in total. The van der Waals surface area contributed by atoms with Crippen molar-refractivity contribution in [1.29, 1.82) is 0 Å². The maximum atomic E-state index is 5.70. The largest absolute Gasteiger partial charge is 0.384 e. The van der Waals surface area contributed by atoms with Gasteiger partial charge in [0.1, 0.15) is 0 Å². The van der Waals surface area contributed by atoms with E-state index in [-0.39, 0.29) is 0 Å². The first-order valence-corrected chi connectivity index (χ1v) is 7.37. The second-order valence-corrected chi connectivity index (χ2v) is 5.41. The smallest absolute Gasteiger partial charge is 0.0913 e. The third kappa shape index (κ3) is 3.04. The van der Waals surface area contributed by atoms with Gasteiger partial charge in [-0.05, 0) is 36.7 Å². The number of rotatable bonds is 5. The minimum absolute atomic E-state index is 0.412. The number of aromatic nitrogens is 3. The fourth-order valence-corrected chi connectivity index (χ4v) is 2.26. The highest BCUT2D eigenvalue weighted by atomic mass is 14.9. The van der Waals surface area contributed by atoms with E-state index in [1.54, 1.807) is 24.8 Å². The van der Waals surface area contributed by atoms with Crippen molar-refractivity contribution in [2.24, 2.45) is 11.7 Å². The van der Waals surface area contributed by atoms with Gasteiger partial charge in [-0.1, -0.05) is 6.92 Å². The van der Waals surface area contributed by atoms with Gasteiger partial charge in [0.15, 0.2) is 0 Å². The molecular formula is C17H19N5. The van der Waals surface area contributed by atoms with Crippen molar-refractivity contribution in [3.8, 4) is 11.3 Å². The first-order chi connectivity index (χ1) is 10.8. The van der Waals surface area contributed by atoms with Crippen molar-refractivity contribution < 1.29 is 0 Å². The molecule has 0 saturated heterocycles. The molecule has 3 rings (SSSR count). The van der Waals surface area contributed by atoms with Crippen molar-refractivity contribution >= 4 is 16.6 Å². The molecule has 5 heteroatoms. The molecular weight excluding hydrogens is 274 g/mol. The predicted octanol–water partition coefficient (Wildman–Crippen LogP) is 2.70. The molecule has 3 aromatic heterocycles. The minimum Gasteiger partial charge on any atom is -0.384 e. The molecule has 0 aromatic carbocycles. The lowest BCUT2D eigenvalue weighted by atomic mass is 10.1. The molecule has 1 unspecified atom stereocenters. The number of nitrogens with one attached hydrogen (secondary N) is 1. The molecule has 0 aliphatic carbocycles. The van der Waals surface area contributed by atoms with Gasteiger partial charge >= 0.3 is 0 Å². The molecule has 3 N–H and O–H groups in total. The Morgan fingerprint density at radius 3 is 2.68 bits per heavy atom. The second-order valence-electron chi connectivity index (χ2n) is 5.41. The number of hydrogen-bond acceptors (Lipinski definition) is 5. The predicted molar refractivity (Wildman–Crippen MR) is 89.5 cm³/mol. The number of fused-ring (bicyclic) bond motifs is 1. The van der Waals surface area contributed by atoms with E-state index in [0.29, 0.717) is 12.5 Å². The van der Waals surface area contributed by atoms with Crippen LogP contribution in [0.3, 0.4) is 0 Å². The van der Waals surface area contributed by atoms with Crippen molar-refractivity contribution in [1.82, 2.24) is 15.0 Å². The van der Waals surface area contributed by atoms with Crippen LogP contribution in [0.4, 0.5) is 5.69 Å². The third-order valence-corrected chi connectivity index (χ3v) is 3.63. The molecule has 22 heavy (non-hydrogen) atoms. The summed E-state index contributed by atoms with van der Waals surface area (Å²) in [5, 5.41) is 4.55. The fraction of sp³-hybridized carbons (Fsp3) is 0.235. The van der Waals surface area contributed by atoms with Gasteiger partial charge in [0.05, 0.1) is 17.4 Å². The highest BCUT2D eigenvalue weighted by molar-refractivity contribution is 5.93. The zero-order valence-electron chi connectivity index (χ0n) is 12.5. The first-order valence-electron chi connectivity index (χ1n) is 7.37. The van der Waals surface area contributed by atoms with Crippen molar-refractivity contribution in [3.63, 3.8) is 0 Å². The molecule has 0 amide bonds. The van der Waals surface area contributed by atoms with Crippen LogP contribution >= 0.6 is 0 Å². The molecule has 0 radical (unpaired) electrons. The van der Waals surface area contributed by atoms with Crippen LogP contribution in [0.2, 0.25) is 0 Å². The van der Waals surface area contributed by atoms with E-state index in [4.69, 9.17) is 10.7 Å². The first kappa shape index (κ1) is 14.4. The number of hydrogen-bond donors (Lipinski definition) is 2. The van der Waals surface area contributed by atoms with E-state index in [9.17, 15) is 0 Å². The Bertz CT molecular complexity index is 757. The van der Waals surface area contributed by atoms with E-state index in [0.717, 1.165) is 34.4 Å². The zero-order chi connectivity index (χ0) is 15.4. The fourth-order valence-electron chi connectivity index (χ4n) is 2.26. The monoisotopic (exact) mass is 293 g/mol. The Labute approximate surface area is 129 Å². The van der Waals surface area contributed by atoms with Gasteiger partial charge in [0.25, 0.3) is 0 Å². The maximum absolute atomic E-state index is 5.70. The summed E-state index contributed by atoms with van der Waals surface area (Å²) >= 11 is 0. The Kier molecular flexibility index (Phi) is 4.25. The third-order valence-electron chi connectivity index (χ3n) is 3.63. The highest BCUT2D eigenvalue weighted by Crippen LogP contribution is 2.27. The highest BCUT2D eigenvalue weighted by Gasteiger charge is 2.08. The standard InChI is InChI=1S/C17H19N5/c1-12(9-18)10-21-16-8-15(13-2-5-19-6-3-13)22-17-11-20-7-4-14(16)17/h2-8,11-12H,9-10,18H2,1H3,(H,21,22). The van der Waals surface area contributed by atoms with Crippen LogP contribution in [-0.2, 0) is 0 Å². The molecule has 3 aromatic rings. The van der Waals surface area contributed by atoms with Gasteiger partial charge in [-0.15, -0.1) is 0 Å². The minimum atomic E-state index is 0.412. The summed E-state index contributed by atoms with van der Waals surface area (Å²) in [7, 11) is 0. The van der Waals surface area contributed by atoms with E-state index < -0.39 is 0 Å². The summed E-state index contributed by atoms with van der Waals surface area (Å²) in [5.41, 5.74) is 9.58. The molecule has 0 spiro atoms. The Morgan fingerprint density at radius 2 is 1.91 bits per heavy atom. The average molecular weight is 293 g/mol. The van der Waals surface area contributed by atoms with Gasteiger partial charge in [-0.2, -0.15) is 0 Å². The van der Waals surface area contributed by atoms with Gasteiger partial charge < -0.3 is 11.1 Å². The Hall–Kier alpha value is -2.53. The maximum Gasteiger partial charge on any atom is 0.0913 e. The topological polar surface area (TPSA) is 76.7 Å². The summed E-state index contributed by atoms with van der Waals surface area (Å²) in [6.07, 6.45) is 7.12. The van der Waals surface area contributed by atoms with E-state index in [1.807, 2.05) is 18.2 Å². The summed E-state index contributed by atoms with van der Waals surface area (Å²) in [6, 6.07) is 7.96. The van der Waals surface area contributed by atoms with Crippen LogP contribution in [0.15, 0.2) is 49.1 Å². The molecule has 112 valence electrons. The lowest BCUT2D eigenvalue weighted by molar-refractivity contribution is 0.628. The Morgan fingerprint density at radius 1 is 1.14 bits per heavy atom. The SMILES string of the molecule is CC(CN)CNc1cc(-c2ccncc2)nc2cnccc12. The van der Waals surface area contributed by atoms with E-state index >= 15 is 0 Å². The average Bonchev–Trinajstić information content (AvgIpc) is 2.59. The van der Waals surface area contributed by atoms with Crippen molar-refractivity contribution in [3.05, 3.63) is 49.1 Å². The summed E-state index contributed by atoms with van der Waals surface area (Å²) < 4.78 is 0. The zero-order valence-corrected chi connectivity index (χ0v) is 12.5. The number of nitrogens with two attached hydrogens (primary N) is 1. The number of nitrogens with zero attached hydrogens (tertiary/aromatic N) is 3. The lowest BCUT2D eigenvalue weighted by Crippen LogP contribution is -2.19. The molecule has 0 aliphatic heterocycles. The molecule has 0 bridgehead atoms. The molecule has 0 fully saturated rings. The van der Waals surface area contributed by atoms with Crippen LogP contribution in [-0.4, -0.2) is 28.0 Å². The van der Waals surface area contributed by atoms with Gasteiger partial charge in [0, 0.05) is 41.8 Å². The van der Waals surface area contributed by atoms with Crippen LogP contribution in [0, 0.1) is 5.92 Å². The van der Waals surface area contributed by atoms with Gasteiger partial charge in [0.2, 0.25) is 0 Å². The molecule has 0 saturated carbocycles. The summed E-state index contributed by atoms with van der Waals surface area (Å²) in [4.78, 5) is 12.9. The van der Waals surface area contributed by atoms with Crippen LogP contribution < -0.4 is 11.1 Å². The lowest BCUT2D eigenvalue weighted by Gasteiger charge is -2.14. The molecule has 3 heterocycles. The number of anilines is 1. The van der Waals surface area contributed by atoms with Crippen molar-refractivity contribution in [2.45, 2.75) is 6.92 Å². The second kappa shape index (κ2) is 6.49. The van der Waals surface area contributed by atoms with Crippen LogP contribution in [0.25, 0.3) is 22.2 Å². The van der Waals surface area contributed by atoms with E-state index in [1.165, 1.54) is 0 Å². The quantitative estimate of drug-likeness (QED) is 0.756. The molecule has 0 aliphatic rings. The van der Waals surface area contributed by atoms with Crippen molar-refractivity contribution in [2.75, 3.05) is 18.4 Å². The van der Waals surface area contributed by atoms with E-state index in [2.05, 4.69) is 28.3 Å². The Balaban J connectivity index is 2.04. The van der Waals surface area contributed by atoms with Gasteiger partial charge in [-0.25, -0.2) is 4.98 Å². The van der Waals surface area contributed by atoms with Crippen LogP contribution in [0.1, 0.15) is 6.92 Å². The number of pyridine rings is 3.